The van der Waals surface area contributed by atoms with Gasteiger partial charge in [0.1, 0.15) is 6.10 Å². The lowest BCUT2D eigenvalue weighted by atomic mass is 10.1. The van der Waals surface area contributed by atoms with Crippen molar-refractivity contribution >= 4 is 5.97 Å². The van der Waals surface area contributed by atoms with Crippen molar-refractivity contribution in [3.63, 3.8) is 0 Å². The van der Waals surface area contributed by atoms with Crippen LogP contribution in [-0.4, -0.2) is 28.2 Å². The Bertz CT molecular complexity index is 381. The van der Waals surface area contributed by atoms with Crippen molar-refractivity contribution in [1.82, 2.24) is 9.97 Å². The van der Waals surface area contributed by atoms with Crippen molar-refractivity contribution in [3.05, 3.63) is 22.8 Å². The Balaban J connectivity index is 3.12. The molecule has 5 nitrogen and oxygen atoms in total. The lowest BCUT2D eigenvalue weighted by Gasteiger charge is -2.12. The van der Waals surface area contributed by atoms with Crippen LogP contribution < -0.4 is 0 Å². The van der Waals surface area contributed by atoms with Crippen LogP contribution >= 0.6 is 0 Å². The summed E-state index contributed by atoms with van der Waals surface area (Å²) in [5.74, 6) is -0.283. The van der Waals surface area contributed by atoms with E-state index in [0.717, 1.165) is 0 Å². The molecule has 0 saturated carbocycles. The Labute approximate surface area is 94.5 Å². The first-order chi connectivity index (χ1) is 7.45. The number of ether oxygens (including phenoxy) is 1. The fourth-order valence-electron chi connectivity index (χ4n) is 1.46. The molecule has 1 N–H and O–H groups in total. The van der Waals surface area contributed by atoms with Crippen LogP contribution in [0.15, 0.2) is 0 Å². The van der Waals surface area contributed by atoms with Crippen molar-refractivity contribution in [2.24, 2.45) is 0 Å². The predicted octanol–water partition coefficient (Wildman–Crippen LogP) is 1.43. The summed E-state index contributed by atoms with van der Waals surface area (Å²) in [5.41, 5.74) is 2.09. The first-order valence-electron chi connectivity index (χ1n) is 5.04. The van der Waals surface area contributed by atoms with E-state index in [-0.39, 0.29) is 12.5 Å². The molecule has 0 saturated heterocycles. The van der Waals surface area contributed by atoms with E-state index < -0.39 is 5.97 Å². The van der Waals surface area contributed by atoms with Crippen LogP contribution in [0.4, 0.5) is 0 Å². The average Bonchev–Trinajstić information content (AvgIpc) is 2.21. The Hall–Kier alpha value is -1.49. The number of carboxylic acid groups (broad SMARTS) is 1. The molecule has 1 aromatic heterocycles. The highest BCUT2D eigenvalue weighted by molar-refractivity contribution is 5.70. The number of carbonyl (C=O) groups is 1. The summed E-state index contributed by atoms with van der Waals surface area (Å²) < 4.78 is 5.13. The van der Waals surface area contributed by atoms with Gasteiger partial charge in [0.25, 0.3) is 0 Å². The van der Waals surface area contributed by atoms with E-state index in [2.05, 4.69) is 9.97 Å². The minimum absolute atomic E-state index is 0.0424. The van der Waals surface area contributed by atoms with Crippen LogP contribution in [-0.2, 0) is 16.0 Å². The van der Waals surface area contributed by atoms with Gasteiger partial charge >= 0.3 is 5.97 Å². The molecular formula is C11H16N2O3. The van der Waals surface area contributed by atoms with Crippen molar-refractivity contribution in [2.75, 3.05) is 7.11 Å². The molecule has 0 aliphatic rings. The number of aromatic nitrogens is 2. The van der Waals surface area contributed by atoms with Crippen molar-refractivity contribution in [2.45, 2.75) is 33.3 Å². The second kappa shape index (κ2) is 5.03. The molecule has 0 aliphatic heterocycles. The summed E-state index contributed by atoms with van der Waals surface area (Å²) in [6.07, 6.45) is -0.226. The summed E-state index contributed by atoms with van der Waals surface area (Å²) in [5, 5.41) is 8.76. The van der Waals surface area contributed by atoms with E-state index in [9.17, 15) is 4.79 Å². The molecule has 0 spiro atoms. The smallest absolute Gasteiger partial charge is 0.307 e. The van der Waals surface area contributed by atoms with Crippen LogP contribution in [0.2, 0.25) is 0 Å². The highest BCUT2D eigenvalue weighted by Gasteiger charge is 2.14. The molecule has 0 aromatic carbocycles. The third-order valence-electron chi connectivity index (χ3n) is 2.48. The van der Waals surface area contributed by atoms with Gasteiger partial charge in [-0.25, -0.2) is 9.97 Å². The van der Waals surface area contributed by atoms with Crippen molar-refractivity contribution < 1.29 is 14.6 Å². The molecule has 88 valence electrons. The molecule has 0 bridgehead atoms. The van der Waals surface area contributed by atoms with E-state index in [4.69, 9.17) is 9.84 Å². The zero-order valence-electron chi connectivity index (χ0n) is 9.94. The van der Waals surface area contributed by atoms with E-state index >= 15 is 0 Å². The molecule has 1 unspecified atom stereocenters. The lowest BCUT2D eigenvalue weighted by molar-refractivity contribution is -0.136. The molecule has 1 heterocycles. The summed E-state index contributed by atoms with van der Waals surface area (Å²) in [6.45, 7) is 5.43. The zero-order valence-corrected chi connectivity index (χ0v) is 9.94. The quantitative estimate of drug-likeness (QED) is 0.837. The molecule has 5 heteroatoms. The van der Waals surface area contributed by atoms with Gasteiger partial charge in [0.15, 0.2) is 5.82 Å². The molecule has 1 aromatic rings. The largest absolute Gasteiger partial charge is 0.481 e. The van der Waals surface area contributed by atoms with Gasteiger partial charge in [-0.3, -0.25) is 4.79 Å². The van der Waals surface area contributed by atoms with Crippen LogP contribution in [0.25, 0.3) is 0 Å². The minimum atomic E-state index is -0.873. The molecule has 1 rings (SSSR count). The summed E-state index contributed by atoms with van der Waals surface area (Å²) >= 11 is 0. The third-order valence-corrected chi connectivity index (χ3v) is 2.48. The van der Waals surface area contributed by atoms with Crippen LogP contribution in [0.5, 0.6) is 0 Å². The number of hydrogen-bond acceptors (Lipinski definition) is 4. The highest BCUT2D eigenvalue weighted by atomic mass is 16.5. The van der Waals surface area contributed by atoms with Gasteiger partial charge in [0.2, 0.25) is 0 Å². The van der Waals surface area contributed by atoms with Crippen molar-refractivity contribution in [3.8, 4) is 0 Å². The maximum atomic E-state index is 10.7. The first-order valence-corrected chi connectivity index (χ1v) is 5.04. The Morgan fingerprint density at radius 1 is 1.38 bits per heavy atom. The standard InChI is InChI=1S/C11H16N2O3/c1-6-9(5-10(14)15)7(2)13-11(12-6)8(3)16-4/h8H,5H2,1-4H3,(H,14,15). The molecule has 0 aliphatic carbocycles. The van der Waals surface area contributed by atoms with E-state index in [1.165, 1.54) is 0 Å². The highest BCUT2D eigenvalue weighted by Crippen LogP contribution is 2.16. The molecule has 0 fully saturated rings. The maximum Gasteiger partial charge on any atom is 0.307 e. The van der Waals surface area contributed by atoms with Gasteiger partial charge in [-0.15, -0.1) is 0 Å². The average molecular weight is 224 g/mol. The number of hydrogen-bond donors (Lipinski definition) is 1. The maximum absolute atomic E-state index is 10.7. The number of aliphatic carboxylic acids is 1. The number of nitrogens with zero attached hydrogens (tertiary/aromatic N) is 2. The van der Waals surface area contributed by atoms with Gasteiger partial charge in [0.05, 0.1) is 6.42 Å². The number of aryl methyl sites for hydroxylation is 2. The van der Waals surface area contributed by atoms with E-state index in [1.807, 2.05) is 6.92 Å². The summed E-state index contributed by atoms with van der Waals surface area (Å²) in [6, 6.07) is 0. The zero-order chi connectivity index (χ0) is 12.3. The Kier molecular flexibility index (Phi) is 3.95. The molecule has 0 radical (unpaired) electrons. The van der Waals surface area contributed by atoms with Crippen molar-refractivity contribution in [1.29, 1.82) is 0 Å². The van der Waals surface area contributed by atoms with Gasteiger partial charge < -0.3 is 9.84 Å². The fourth-order valence-corrected chi connectivity index (χ4v) is 1.46. The second-order valence-electron chi connectivity index (χ2n) is 3.68. The van der Waals surface area contributed by atoms with E-state index in [0.29, 0.717) is 22.8 Å². The topological polar surface area (TPSA) is 72.3 Å². The van der Waals surface area contributed by atoms with Gasteiger partial charge in [-0.1, -0.05) is 0 Å². The van der Waals surface area contributed by atoms with Crippen LogP contribution in [0.1, 0.15) is 35.8 Å². The van der Waals surface area contributed by atoms with Gasteiger partial charge in [-0.2, -0.15) is 0 Å². The first kappa shape index (κ1) is 12.6. The Morgan fingerprint density at radius 2 is 1.88 bits per heavy atom. The number of rotatable bonds is 4. The monoisotopic (exact) mass is 224 g/mol. The SMILES string of the molecule is COC(C)c1nc(C)c(CC(=O)O)c(C)n1. The van der Waals surface area contributed by atoms with Crippen LogP contribution in [0, 0.1) is 13.8 Å². The number of methoxy groups -OCH3 is 1. The third kappa shape index (κ3) is 2.76. The van der Waals surface area contributed by atoms with Gasteiger partial charge in [0, 0.05) is 24.1 Å². The number of carboxylic acids is 1. The lowest BCUT2D eigenvalue weighted by Crippen LogP contribution is -2.12. The Morgan fingerprint density at radius 3 is 2.25 bits per heavy atom. The molecule has 16 heavy (non-hydrogen) atoms. The summed E-state index contributed by atoms with van der Waals surface area (Å²) in [4.78, 5) is 19.2. The second-order valence-corrected chi connectivity index (χ2v) is 3.68. The minimum Gasteiger partial charge on any atom is -0.481 e. The molecule has 0 amide bonds. The van der Waals surface area contributed by atoms with E-state index in [1.54, 1.807) is 21.0 Å². The van der Waals surface area contributed by atoms with Crippen LogP contribution in [0.3, 0.4) is 0 Å². The summed E-state index contributed by atoms with van der Waals surface area (Å²) in [7, 11) is 1.59. The molecular weight excluding hydrogens is 208 g/mol. The predicted molar refractivity (Wildman–Crippen MR) is 58.3 cm³/mol. The molecule has 1 atom stereocenters. The normalized spacial score (nSPS) is 12.5. The fraction of sp³-hybridized carbons (Fsp3) is 0.545. The van der Waals surface area contributed by atoms with Gasteiger partial charge in [-0.05, 0) is 20.8 Å².